The van der Waals surface area contributed by atoms with E-state index in [1.54, 1.807) is 6.07 Å². The van der Waals surface area contributed by atoms with E-state index in [1.807, 2.05) is 12.1 Å². The number of hydrogen-bond acceptors (Lipinski definition) is 6. The summed E-state index contributed by atoms with van der Waals surface area (Å²) in [5.74, 6) is -0.391. The van der Waals surface area contributed by atoms with Gasteiger partial charge in [0.15, 0.2) is 0 Å². The summed E-state index contributed by atoms with van der Waals surface area (Å²) in [5, 5.41) is 11.2. The quantitative estimate of drug-likeness (QED) is 0.616. The molecule has 1 fully saturated rings. The molecule has 10 heteroatoms. The molecule has 1 aliphatic rings. The average Bonchev–Trinajstić information content (AvgIpc) is 3.12. The highest BCUT2D eigenvalue weighted by Crippen LogP contribution is 2.44. The Hall–Kier alpha value is -2.32. The summed E-state index contributed by atoms with van der Waals surface area (Å²) in [6, 6.07) is 5.54. The van der Waals surface area contributed by atoms with Crippen LogP contribution in [-0.2, 0) is 5.54 Å². The van der Waals surface area contributed by atoms with E-state index in [0.717, 1.165) is 24.8 Å². The third-order valence-electron chi connectivity index (χ3n) is 4.56. The Morgan fingerprint density at radius 3 is 2.37 bits per heavy atom. The summed E-state index contributed by atoms with van der Waals surface area (Å²) in [5.41, 5.74) is 1.05. The van der Waals surface area contributed by atoms with Crippen molar-refractivity contribution >= 4 is 29.2 Å². The van der Waals surface area contributed by atoms with E-state index in [2.05, 4.69) is 25.5 Å². The maximum absolute atomic E-state index is 12.6. The molecule has 2 aromatic heterocycles. The number of nitrogens with one attached hydrogen (secondary N) is 1. The molecule has 0 unspecified atom stereocenters. The highest BCUT2D eigenvalue weighted by Gasteiger charge is 2.39. The smallest absolute Gasteiger partial charge is 0.314 e. The molecular formula is C17H13Cl2F2N5O. The molecule has 0 radical (unpaired) electrons. The third kappa shape index (κ3) is 3.46. The van der Waals surface area contributed by atoms with Gasteiger partial charge >= 0.3 is 6.43 Å². The van der Waals surface area contributed by atoms with Gasteiger partial charge in [-0.25, -0.2) is 9.97 Å². The third-order valence-corrected chi connectivity index (χ3v) is 5.30. The molecule has 6 nitrogen and oxygen atoms in total. The van der Waals surface area contributed by atoms with E-state index in [4.69, 9.17) is 27.6 Å². The molecule has 1 aromatic carbocycles. The lowest BCUT2D eigenvalue weighted by molar-refractivity contribution is 0.116. The van der Waals surface area contributed by atoms with Crippen molar-refractivity contribution in [2.75, 3.05) is 5.32 Å². The minimum absolute atomic E-state index is 0.0558. The Kier molecular flexibility index (Phi) is 4.69. The van der Waals surface area contributed by atoms with E-state index in [0.29, 0.717) is 21.6 Å². The summed E-state index contributed by atoms with van der Waals surface area (Å²) >= 11 is 12.2. The highest BCUT2D eigenvalue weighted by molar-refractivity contribution is 6.42. The van der Waals surface area contributed by atoms with Gasteiger partial charge in [0.25, 0.3) is 11.8 Å². The second kappa shape index (κ2) is 7.01. The van der Waals surface area contributed by atoms with Gasteiger partial charge in [-0.2, -0.15) is 8.78 Å². The fourth-order valence-electron chi connectivity index (χ4n) is 2.97. The molecule has 2 heterocycles. The largest absolute Gasteiger partial charge is 0.415 e. The van der Waals surface area contributed by atoms with Crippen molar-refractivity contribution in [3.8, 4) is 11.5 Å². The van der Waals surface area contributed by atoms with Crippen molar-refractivity contribution in [3.05, 3.63) is 52.1 Å². The maximum Gasteiger partial charge on any atom is 0.314 e. The molecule has 140 valence electrons. The van der Waals surface area contributed by atoms with Crippen LogP contribution < -0.4 is 5.32 Å². The first-order chi connectivity index (χ1) is 13.0. The Balaban J connectivity index is 1.55. The normalized spacial score (nSPS) is 15.6. The van der Waals surface area contributed by atoms with Crippen molar-refractivity contribution in [2.24, 2.45) is 0 Å². The van der Waals surface area contributed by atoms with Crippen molar-refractivity contribution in [1.82, 2.24) is 20.2 Å². The number of halogens is 4. The Morgan fingerprint density at radius 1 is 1.07 bits per heavy atom. The Morgan fingerprint density at radius 2 is 1.81 bits per heavy atom. The molecule has 1 N–H and O–H groups in total. The zero-order valence-electron chi connectivity index (χ0n) is 13.8. The van der Waals surface area contributed by atoms with Crippen molar-refractivity contribution in [3.63, 3.8) is 0 Å². The minimum Gasteiger partial charge on any atom is -0.415 e. The lowest BCUT2D eigenvalue weighted by atomic mass is 9.72. The van der Waals surface area contributed by atoms with Crippen LogP contribution in [0.3, 0.4) is 0 Å². The Labute approximate surface area is 162 Å². The number of alkyl halides is 2. The lowest BCUT2D eigenvalue weighted by Crippen LogP contribution is -2.42. The molecular weight excluding hydrogens is 399 g/mol. The van der Waals surface area contributed by atoms with Gasteiger partial charge in [0, 0.05) is 12.4 Å². The van der Waals surface area contributed by atoms with Gasteiger partial charge in [0.2, 0.25) is 5.95 Å². The molecule has 3 aromatic rings. The molecule has 27 heavy (non-hydrogen) atoms. The summed E-state index contributed by atoms with van der Waals surface area (Å²) in [6.07, 6.45) is 2.93. The summed E-state index contributed by atoms with van der Waals surface area (Å²) in [7, 11) is 0. The van der Waals surface area contributed by atoms with Crippen molar-refractivity contribution in [2.45, 2.75) is 31.2 Å². The molecule has 0 aliphatic heterocycles. The molecule has 4 rings (SSSR count). The minimum atomic E-state index is -2.82. The van der Waals surface area contributed by atoms with Gasteiger partial charge in [0.1, 0.15) is 0 Å². The number of benzene rings is 1. The van der Waals surface area contributed by atoms with Crippen LogP contribution >= 0.6 is 23.2 Å². The number of rotatable bonds is 5. The topological polar surface area (TPSA) is 76.7 Å². The van der Waals surface area contributed by atoms with Crippen LogP contribution in [0.5, 0.6) is 0 Å². The molecule has 0 saturated heterocycles. The molecule has 0 amide bonds. The zero-order chi connectivity index (χ0) is 19.0. The average molecular weight is 412 g/mol. The van der Waals surface area contributed by atoms with Gasteiger partial charge in [-0.3, -0.25) is 0 Å². The standard InChI is InChI=1S/C17H13Cl2F2N5O/c18-11-3-2-10(6-12(11)19)17(4-1-5-17)24-16-22-7-9(8-23-16)14-25-26-15(27-14)13(20)21/h2-3,6-8,13H,1,4-5H2,(H,22,23,24). The first-order valence-corrected chi connectivity index (χ1v) is 8.90. The predicted octanol–water partition coefficient (Wildman–Crippen LogP) is 5.26. The molecule has 0 atom stereocenters. The summed E-state index contributed by atoms with van der Waals surface area (Å²) in [6.45, 7) is 0. The monoisotopic (exact) mass is 411 g/mol. The zero-order valence-corrected chi connectivity index (χ0v) is 15.3. The maximum atomic E-state index is 12.6. The second-order valence-corrected chi connectivity index (χ2v) is 7.05. The highest BCUT2D eigenvalue weighted by atomic mass is 35.5. The van der Waals surface area contributed by atoms with Crippen LogP contribution in [0.25, 0.3) is 11.5 Å². The summed E-state index contributed by atoms with van der Waals surface area (Å²) < 4.78 is 30.0. The number of hydrogen-bond donors (Lipinski definition) is 1. The second-order valence-electron chi connectivity index (χ2n) is 6.23. The van der Waals surface area contributed by atoms with Gasteiger partial charge < -0.3 is 9.73 Å². The van der Waals surface area contributed by atoms with Crippen LogP contribution in [0.4, 0.5) is 14.7 Å². The number of aromatic nitrogens is 4. The van der Waals surface area contributed by atoms with Gasteiger partial charge in [-0.05, 0) is 37.0 Å². The van der Waals surface area contributed by atoms with Crippen LogP contribution in [0.1, 0.15) is 37.1 Å². The van der Waals surface area contributed by atoms with E-state index >= 15 is 0 Å². The Bertz CT molecular complexity index is 960. The first-order valence-electron chi connectivity index (χ1n) is 8.14. The van der Waals surface area contributed by atoms with E-state index in [-0.39, 0.29) is 11.4 Å². The lowest BCUT2D eigenvalue weighted by Gasteiger charge is -2.43. The fourth-order valence-corrected chi connectivity index (χ4v) is 3.26. The molecule has 0 spiro atoms. The first kappa shape index (κ1) is 18.1. The SMILES string of the molecule is FC(F)c1nnc(-c2cnc(NC3(c4ccc(Cl)c(Cl)c4)CCC3)nc2)o1. The number of nitrogens with zero attached hydrogens (tertiary/aromatic N) is 4. The van der Waals surface area contributed by atoms with Crippen LogP contribution in [0, 0.1) is 0 Å². The van der Waals surface area contributed by atoms with E-state index in [9.17, 15) is 8.78 Å². The van der Waals surface area contributed by atoms with E-state index < -0.39 is 12.3 Å². The predicted molar refractivity (Wildman–Crippen MR) is 95.9 cm³/mol. The molecule has 1 aliphatic carbocycles. The van der Waals surface area contributed by atoms with E-state index in [1.165, 1.54) is 12.4 Å². The number of anilines is 1. The molecule has 1 saturated carbocycles. The summed E-state index contributed by atoms with van der Waals surface area (Å²) in [4.78, 5) is 8.49. The molecule has 0 bridgehead atoms. The van der Waals surface area contributed by atoms with Crippen LogP contribution in [0.15, 0.2) is 35.0 Å². The van der Waals surface area contributed by atoms with Crippen molar-refractivity contribution in [1.29, 1.82) is 0 Å². The van der Waals surface area contributed by atoms with Crippen LogP contribution in [-0.4, -0.2) is 20.2 Å². The van der Waals surface area contributed by atoms with Gasteiger partial charge in [-0.15, -0.1) is 10.2 Å². The van der Waals surface area contributed by atoms with Gasteiger partial charge in [-0.1, -0.05) is 29.3 Å². The fraction of sp³-hybridized carbons (Fsp3) is 0.294. The van der Waals surface area contributed by atoms with Crippen LogP contribution in [0.2, 0.25) is 10.0 Å². The van der Waals surface area contributed by atoms with Gasteiger partial charge in [0.05, 0.1) is 21.1 Å². The van der Waals surface area contributed by atoms with Crippen molar-refractivity contribution < 1.29 is 13.2 Å².